The molecule has 15 heteroatoms. The topological polar surface area (TPSA) is 174 Å². The van der Waals surface area contributed by atoms with Crippen LogP contribution in [0.3, 0.4) is 0 Å². The highest BCUT2D eigenvalue weighted by molar-refractivity contribution is 6.78. The number of esters is 1. The SMILES string of the molecule is CC(C)[Si](OC[C@@]12[C@H]3[C@H](O)C[C@]4(C)[C@@H](C5=CC(=O)OC5)CC[C@]4(O)[C@@H]3CC[C@]1(O)C[C@@H](O[C@@H]1O[C@@H](C)[C@H](O)[C@@H](O[Si](C(C)C)(C(C)C)C(C)C)[C@H]1O)C[C@H]2O[Si](C(C)C)(C(C)C)C(C)C)(C(C)C)C(C)C. The van der Waals surface area contributed by atoms with Gasteiger partial charge in [0.25, 0.3) is 0 Å². The quantitative estimate of drug-likeness (QED) is 0.0471. The number of hydrogen-bond acceptors (Lipinski definition) is 12. The number of aliphatic hydroxyl groups is 5. The predicted octanol–water partition coefficient (Wildman–Crippen LogP) is 11.1. The first kappa shape index (κ1) is 59.7. The third-order valence-electron chi connectivity index (χ3n) is 21.2. The Balaban J connectivity index is 1.54. The van der Waals surface area contributed by atoms with Crippen molar-refractivity contribution in [3.63, 3.8) is 0 Å². The molecule has 5 N–H and O–H groups in total. The van der Waals surface area contributed by atoms with Gasteiger partial charge in [0.2, 0.25) is 16.6 Å². The normalized spacial score (nSPS) is 39.4. The van der Waals surface area contributed by atoms with Gasteiger partial charge < -0.3 is 53.0 Å². The van der Waals surface area contributed by atoms with Crippen molar-refractivity contribution >= 4 is 30.9 Å². The van der Waals surface area contributed by atoms with Gasteiger partial charge in [-0.25, -0.2) is 4.79 Å². The molecule has 0 unspecified atom stereocenters. The molecule has 0 aromatic carbocycles. The number of carbonyl (C=O) groups is 1. The van der Waals surface area contributed by atoms with E-state index in [1.54, 1.807) is 6.08 Å². The van der Waals surface area contributed by atoms with E-state index in [-0.39, 0.29) is 87.8 Å². The van der Waals surface area contributed by atoms with Crippen LogP contribution in [0.2, 0.25) is 49.9 Å². The lowest BCUT2D eigenvalue weighted by atomic mass is 9.40. The lowest BCUT2D eigenvalue weighted by Gasteiger charge is -2.70. The van der Waals surface area contributed by atoms with Crippen LogP contribution in [0.5, 0.6) is 0 Å². The van der Waals surface area contributed by atoms with Gasteiger partial charge >= 0.3 is 5.97 Å². The third-order valence-corrected chi connectivity index (χ3v) is 39.5. The lowest BCUT2D eigenvalue weighted by Crippen LogP contribution is -2.77. The minimum absolute atomic E-state index is 0.144. The molecule has 71 heavy (non-hydrogen) atoms. The van der Waals surface area contributed by atoms with E-state index in [1.165, 1.54) is 0 Å². The fourth-order valence-corrected chi connectivity index (χ4v) is 35.0. The lowest BCUT2D eigenvalue weighted by molar-refractivity contribution is -0.339. The molecule has 4 saturated carbocycles. The van der Waals surface area contributed by atoms with Gasteiger partial charge in [0, 0.05) is 30.4 Å². The summed E-state index contributed by atoms with van der Waals surface area (Å²) in [4.78, 5) is 12.5. The van der Waals surface area contributed by atoms with Gasteiger partial charge in [-0.05, 0) is 113 Å². The van der Waals surface area contributed by atoms with Crippen LogP contribution >= 0.6 is 0 Å². The minimum atomic E-state index is -2.81. The molecule has 0 spiro atoms. The smallest absolute Gasteiger partial charge is 0.331 e. The molecule has 0 radical (unpaired) electrons. The molecular weight excluding hydrogens is 949 g/mol. The number of carbonyl (C=O) groups excluding carboxylic acids is 1. The maximum absolute atomic E-state index is 14.4. The van der Waals surface area contributed by atoms with Crippen LogP contribution in [-0.4, -0.2) is 130 Å². The molecule has 0 aromatic heterocycles. The number of rotatable bonds is 19. The monoisotopic (exact) mass is 1050 g/mol. The number of ether oxygens (including phenoxy) is 3. The Morgan fingerprint density at radius 1 is 0.690 bits per heavy atom. The molecule has 2 heterocycles. The molecule has 0 bridgehead atoms. The fourth-order valence-electron chi connectivity index (χ4n) is 18.3. The van der Waals surface area contributed by atoms with Gasteiger partial charge in [-0.15, -0.1) is 0 Å². The van der Waals surface area contributed by atoms with Crippen LogP contribution in [0.1, 0.15) is 183 Å². The van der Waals surface area contributed by atoms with Crippen LogP contribution in [0, 0.1) is 28.6 Å². The number of cyclic esters (lactones) is 1. The third kappa shape index (κ3) is 9.39. The summed E-state index contributed by atoms with van der Waals surface area (Å²) in [5.74, 6) is -1.52. The van der Waals surface area contributed by atoms with Crippen molar-refractivity contribution in [3.8, 4) is 0 Å². The van der Waals surface area contributed by atoms with E-state index < -0.39 is 108 Å². The van der Waals surface area contributed by atoms with Gasteiger partial charge in [0.15, 0.2) is 14.6 Å². The Morgan fingerprint density at radius 3 is 1.68 bits per heavy atom. The summed E-state index contributed by atoms with van der Waals surface area (Å²) in [7, 11) is -8.06. The largest absolute Gasteiger partial charge is 0.458 e. The maximum atomic E-state index is 14.4. The molecule has 5 fully saturated rings. The van der Waals surface area contributed by atoms with Gasteiger partial charge in [-0.1, -0.05) is 132 Å². The van der Waals surface area contributed by atoms with Crippen LogP contribution in [0.4, 0.5) is 0 Å². The van der Waals surface area contributed by atoms with E-state index in [9.17, 15) is 30.3 Å². The summed E-state index contributed by atoms with van der Waals surface area (Å²) < 4.78 is 42.3. The fraction of sp³-hybridized carbons (Fsp3) is 0.946. The summed E-state index contributed by atoms with van der Waals surface area (Å²) in [6, 6.07) is 0. The zero-order valence-corrected chi connectivity index (χ0v) is 51.1. The van der Waals surface area contributed by atoms with Gasteiger partial charge in [0.05, 0.1) is 41.0 Å². The second-order valence-corrected chi connectivity index (χ2v) is 43.4. The Kier molecular flexibility index (Phi) is 18.0. The van der Waals surface area contributed by atoms with Crippen LogP contribution in [0.15, 0.2) is 11.6 Å². The molecule has 2 aliphatic heterocycles. The summed E-state index contributed by atoms with van der Waals surface area (Å²) in [5.41, 5.74) is -1.87. The number of hydrogen-bond donors (Lipinski definition) is 5. The molecule has 6 aliphatic rings. The van der Waals surface area contributed by atoms with Crippen molar-refractivity contribution in [1.29, 1.82) is 0 Å². The first-order valence-electron chi connectivity index (χ1n) is 28.4. The van der Waals surface area contributed by atoms with E-state index in [0.29, 0.717) is 32.1 Å². The highest BCUT2D eigenvalue weighted by Crippen LogP contribution is 2.72. The molecule has 12 nitrogen and oxygen atoms in total. The van der Waals surface area contributed by atoms with Crippen LogP contribution in [0.25, 0.3) is 0 Å². The van der Waals surface area contributed by atoms with E-state index in [0.717, 1.165) is 5.57 Å². The Hall–Kier alpha value is -0.539. The first-order valence-corrected chi connectivity index (χ1v) is 34.8. The Morgan fingerprint density at radius 2 is 1.20 bits per heavy atom. The van der Waals surface area contributed by atoms with Crippen molar-refractivity contribution in [3.05, 3.63) is 11.6 Å². The van der Waals surface area contributed by atoms with Gasteiger partial charge in [-0.3, -0.25) is 0 Å². The van der Waals surface area contributed by atoms with E-state index in [4.69, 9.17) is 27.5 Å². The van der Waals surface area contributed by atoms with Crippen molar-refractivity contribution in [2.24, 2.45) is 28.6 Å². The van der Waals surface area contributed by atoms with Crippen LogP contribution < -0.4 is 0 Å². The zero-order valence-electron chi connectivity index (χ0n) is 48.1. The Bertz CT molecular complexity index is 1810. The summed E-state index contributed by atoms with van der Waals surface area (Å²) in [5, 5.41) is 65.6. The average Bonchev–Trinajstić information content (AvgIpc) is 3.79. The minimum Gasteiger partial charge on any atom is -0.458 e. The zero-order chi connectivity index (χ0) is 53.5. The second kappa shape index (κ2) is 21.4. The van der Waals surface area contributed by atoms with Crippen molar-refractivity contribution in [2.45, 2.75) is 294 Å². The number of aliphatic hydroxyl groups excluding tert-OH is 3. The molecule has 412 valence electrons. The molecule has 15 atom stereocenters. The summed E-state index contributed by atoms with van der Waals surface area (Å²) in [6.45, 7) is 44.8. The van der Waals surface area contributed by atoms with Gasteiger partial charge in [-0.2, -0.15) is 0 Å². The van der Waals surface area contributed by atoms with Crippen molar-refractivity contribution in [1.82, 2.24) is 0 Å². The highest BCUT2D eigenvalue weighted by Gasteiger charge is 2.77. The van der Waals surface area contributed by atoms with E-state index in [1.807, 2.05) is 6.92 Å². The highest BCUT2D eigenvalue weighted by atomic mass is 28.4. The number of fused-ring (bicyclic) bond motifs is 5. The van der Waals surface area contributed by atoms with Crippen LogP contribution in [-0.2, 0) is 32.3 Å². The van der Waals surface area contributed by atoms with Crippen molar-refractivity contribution < 1.29 is 57.8 Å². The molecule has 4 aliphatic carbocycles. The molecule has 0 amide bonds. The first-order chi connectivity index (χ1) is 32.7. The standard InChI is InChI=1S/C56H104O12Si3/c1-31(2)69(32(3)4,33(5)6)64-30-55-46(67-70(34(7)8,35(9)10)36(11)12)26-42(66-52-50(60)51(49(59)40(19)65-52)68-71(37(13)14,38(15)16)39(17)18)27-54(55,61)23-21-44-48(55)45(57)28-53(20)43(22-24-56(44,53)62)41-25-47(58)63-29-41/h25,31-40,42-46,48-52,57,59-62H,21-24,26-30H2,1-20H3/t40-,42-,43+,44+,45+,46+,48+,49-,50+,51+,52-,53+,54-,55+,56-/m0/s1. The summed E-state index contributed by atoms with van der Waals surface area (Å²) in [6.07, 6.45) is -3.14. The molecule has 6 rings (SSSR count). The predicted molar refractivity (Wildman–Crippen MR) is 288 cm³/mol. The Labute approximate surface area is 433 Å². The van der Waals surface area contributed by atoms with Gasteiger partial charge in [0.1, 0.15) is 24.9 Å². The molecule has 1 saturated heterocycles. The maximum Gasteiger partial charge on any atom is 0.331 e. The van der Waals surface area contributed by atoms with E-state index >= 15 is 0 Å². The summed E-state index contributed by atoms with van der Waals surface area (Å²) >= 11 is 0. The van der Waals surface area contributed by atoms with Crippen molar-refractivity contribution in [2.75, 3.05) is 13.2 Å². The second-order valence-electron chi connectivity index (χ2n) is 27.1. The van der Waals surface area contributed by atoms with E-state index in [2.05, 4.69) is 132 Å². The average molecular weight is 1050 g/mol. The molecular formula is C56H104O12Si3. The molecule has 0 aromatic rings.